The van der Waals surface area contributed by atoms with Crippen molar-refractivity contribution in [1.29, 1.82) is 5.26 Å². The smallest absolute Gasteiger partial charge is 0.232 e. The number of fused-ring (bicyclic) bond motifs is 1. The van der Waals surface area contributed by atoms with Gasteiger partial charge in [-0.25, -0.2) is 32.3 Å². The first-order chi connectivity index (χ1) is 24.8. The first-order valence-electron chi connectivity index (χ1n) is 15.1. The Morgan fingerprint density at radius 1 is 0.980 bits per heavy atom. The Balaban J connectivity index is 0.000000354. The highest BCUT2D eigenvalue weighted by Crippen LogP contribution is 2.37. The highest BCUT2D eigenvalue weighted by molar-refractivity contribution is 7.88. The van der Waals surface area contributed by atoms with E-state index in [9.17, 15) is 23.3 Å². The molecule has 0 radical (unpaired) electrons. The molecule has 2 aliphatic heterocycles. The lowest BCUT2D eigenvalue weighted by Gasteiger charge is -2.19. The van der Waals surface area contributed by atoms with Gasteiger partial charge in [-0.15, -0.1) is 11.3 Å². The van der Waals surface area contributed by atoms with Crippen molar-refractivity contribution < 1.29 is 32.2 Å². The monoisotopic (exact) mass is 720 g/mol. The normalized spacial score (nSPS) is 13.3. The Morgan fingerprint density at radius 2 is 1.75 bits per heavy atom. The summed E-state index contributed by atoms with van der Waals surface area (Å²) in [6.45, 7) is 4.46. The van der Waals surface area contributed by atoms with E-state index in [1.54, 1.807) is 12.3 Å². The van der Waals surface area contributed by atoms with E-state index in [0.29, 0.717) is 62.0 Å². The number of aliphatic imine (C=N–C) groups is 1. The summed E-state index contributed by atoms with van der Waals surface area (Å²) in [5, 5.41) is 10.7. The van der Waals surface area contributed by atoms with Crippen molar-refractivity contribution >= 4 is 39.1 Å². The number of benzene rings is 1. The largest absolute Gasteiger partial charge is 0.486 e. The lowest BCUT2D eigenvalue weighted by molar-refractivity contribution is 0.171. The van der Waals surface area contributed by atoms with Gasteiger partial charge < -0.3 is 14.2 Å². The van der Waals surface area contributed by atoms with Crippen LogP contribution in [-0.2, 0) is 32.8 Å². The van der Waals surface area contributed by atoms with E-state index in [1.807, 2.05) is 30.1 Å². The predicted molar refractivity (Wildman–Crippen MR) is 186 cm³/mol. The molecule has 4 heterocycles. The molecule has 15 heteroatoms. The number of rotatable bonds is 8. The van der Waals surface area contributed by atoms with E-state index in [4.69, 9.17) is 14.2 Å². The number of carbonyl (C=O) groups excluding carboxylic acids is 2. The van der Waals surface area contributed by atoms with Crippen molar-refractivity contribution in [3.63, 3.8) is 0 Å². The van der Waals surface area contributed by atoms with Crippen LogP contribution in [0, 0.1) is 11.3 Å². The summed E-state index contributed by atoms with van der Waals surface area (Å²) in [6.07, 6.45) is 6.38. The summed E-state index contributed by atoms with van der Waals surface area (Å²) in [5.74, 6) is 6.56. The standard InChI is InChI=1S/C25H27N5O5S2.C11HNO2/c1-37(31,32)30-8-2-7-29(9-10-30)16-19-15-28-24(36-19)17-35-25-21(14-26)20(5-6-27-25)18-3-4-22-23(13-18)34-12-11-33-22;13-10-7-5-3-1-2-4-6-8-12-9-11-14/h3-6,13,15H,2,7-12,16-17H2,1H3;9H. The molecule has 0 spiro atoms. The molecule has 2 aromatic heterocycles. The quantitative estimate of drug-likeness (QED) is 0.190. The summed E-state index contributed by atoms with van der Waals surface area (Å²) >= 11 is 1.54. The maximum atomic E-state index is 11.9. The van der Waals surface area contributed by atoms with Crippen LogP contribution in [0.25, 0.3) is 11.1 Å². The number of ether oxygens (including phenoxy) is 3. The molecular formula is C36H28N6O7S2. The maximum Gasteiger partial charge on any atom is 0.232 e. The number of pyridine rings is 1. The molecule has 3 aromatic rings. The van der Waals surface area contributed by atoms with Crippen LogP contribution < -0.4 is 14.2 Å². The van der Waals surface area contributed by atoms with E-state index < -0.39 is 10.0 Å². The Kier molecular flexibility index (Phi) is 14.6. The van der Waals surface area contributed by atoms with Crippen molar-refractivity contribution in [2.24, 2.45) is 4.99 Å². The van der Waals surface area contributed by atoms with Crippen molar-refractivity contribution in [2.45, 2.75) is 19.6 Å². The first kappa shape index (κ1) is 37.6. The zero-order valence-corrected chi connectivity index (χ0v) is 28.9. The van der Waals surface area contributed by atoms with E-state index in [0.717, 1.165) is 34.6 Å². The topological polar surface area (TPSA) is 164 Å². The fourth-order valence-corrected chi connectivity index (χ4v) is 6.44. The fraction of sp³-hybridized carbons (Fsp3) is 0.278. The van der Waals surface area contributed by atoms with Crippen molar-refractivity contribution in [1.82, 2.24) is 19.2 Å². The van der Waals surface area contributed by atoms with Crippen molar-refractivity contribution in [3.05, 3.63) is 98.4 Å². The molecule has 0 atom stereocenters. The van der Waals surface area contributed by atoms with Gasteiger partial charge in [0.2, 0.25) is 15.9 Å². The van der Waals surface area contributed by atoms with Gasteiger partial charge in [0.1, 0.15) is 48.6 Å². The minimum absolute atomic E-state index is 0.193. The highest BCUT2D eigenvalue weighted by Gasteiger charge is 2.22. The van der Waals surface area contributed by atoms with Gasteiger partial charge in [-0.2, -0.15) is 10.3 Å². The molecule has 1 aromatic carbocycles. The number of aromatic nitrogens is 2. The van der Waals surface area contributed by atoms with Gasteiger partial charge in [0, 0.05) is 95.0 Å². The van der Waals surface area contributed by atoms with Crippen LogP contribution in [0.3, 0.4) is 0 Å². The Hall–Kier alpha value is -6.17. The lowest BCUT2D eigenvalue weighted by atomic mass is 10.0. The number of hydrogen-bond donors (Lipinski definition) is 0. The predicted octanol–water partition coefficient (Wildman–Crippen LogP) is 3.37. The van der Waals surface area contributed by atoms with Crippen LogP contribution in [0.15, 0.2) is 88.0 Å². The molecule has 1 fully saturated rings. The number of hydrogen-bond acceptors (Lipinski definition) is 13. The van der Waals surface area contributed by atoms with Crippen LogP contribution in [0.5, 0.6) is 17.4 Å². The molecule has 5 rings (SSSR count). The first-order valence-corrected chi connectivity index (χ1v) is 17.8. The summed E-state index contributed by atoms with van der Waals surface area (Å²) in [4.78, 5) is 34.5. The molecule has 0 aliphatic carbocycles. The molecule has 51 heavy (non-hydrogen) atoms. The van der Waals surface area contributed by atoms with Crippen molar-refractivity contribution in [3.8, 4) is 34.6 Å². The number of sulfonamides is 1. The second-order valence-corrected chi connectivity index (χ2v) is 13.5. The molecule has 0 N–H and O–H groups in total. The van der Waals surface area contributed by atoms with Gasteiger partial charge in [-0.3, -0.25) is 4.90 Å². The van der Waals surface area contributed by atoms with Crippen LogP contribution >= 0.6 is 11.3 Å². The van der Waals surface area contributed by atoms with Gasteiger partial charge >= 0.3 is 0 Å². The molecule has 0 amide bonds. The van der Waals surface area contributed by atoms with Crippen LogP contribution in [0.1, 0.15) is 21.9 Å². The average Bonchev–Trinajstić information content (AvgIpc) is 3.44. The second-order valence-electron chi connectivity index (χ2n) is 10.3. The minimum Gasteiger partial charge on any atom is -0.486 e. The van der Waals surface area contributed by atoms with Crippen LogP contribution in [-0.4, -0.2) is 91.0 Å². The number of nitriles is 1. The molecule has 256 valence electrons. The molecule has 0 bridgehead atoms. The van der Waals surface area contributed by atoms with E-state index in [2.05, 4.69) is 66.2 Å². The van der Waals surface area contributed by atoms with Gasteiger partial charge in [0.25, 0.3) is 0 Å². The average molecular weight is 721 g/mol. The minimum atomic E-state index is -3.17. The molecule has 0 unspecified atom stereocenters. The summed E-state index contributed by atoms with van der Waals surface area (Å²) < 4.78 is 42.5. The summed E-state index contributed by atoms with van der Waals surface area (Å²) in [7, 11) is -3.17. The number of thiazole rings is 1. The molecule has 1 saturated heterocycles. The molecular weight excluding hydrogens is 693 g/mol. The number of nitrogens with zero attached hydrogens (tertiary/aromatic N) is 6. The second kappa shape index (κ2) is 19.7. The third-order valence-corrected chi connectivity index (χ3v) is 9.13. The molecule has 13 nitrogen and oxygen atoms in total. The Morgan fingerprint density at radius 3 is 2.49 bits per heavy atom. The third kappa shape index (κ3) is 12.0. The van der Waals surface area contributed by atoms with Gasteiger partial charge in [-0.05, 0) is 36.7 Å². The van der Waals surface area contributed by atoms with E-state index in [1.165, 1.54) is 33.8 Å². The maximum absolute atomic E-state index is 11.9. The van der Waals surface area contributed by atoms with Crippen LogP contribution in [0.2, 0.25) is 0 Å². The van der Waals surface area contributed by atoms with Gasteiger partial charge in [0.15, 0.2) is 17.4 Å². The zero-order valence-electron chi connectivity index (χ0n) is 27.3. The molecule has 2 aliphatic rings. The Labute approximate surface area is 298 Å². The fourth-order valence-electron chi connectivity index (χ4n) is 4.69. The Bertz CT molecular complexity index is 2300. The lowest BCUT2D eigenvalue weighted by Crippen LogP contribution is -2.34. The van der Waals surface area contributed by atoms with Gasteiger partial charge in [-0.1, -0.05) is 6.07 Å². The summed E-state index contributed by atoms with van der Waals surface area (Å²) in [6, 6.07) is 9.60. The van der Waals surface area contributed by atoms with E-state index in [-0.39, 0.29) is 12.5 Å². The van der Waals surface area contributed by atoms with Gasteiger partial charge in [0.05, 0.1) is 6.26 Å². The third-order valence-electron chi connectivity index (χ3n) is 6.87. The summed E-state index contributed by atoms with van der Waals surface area (Å²) in [5.41, 5.74) is 17.6. The van der Waals surface area contributed by atoms with Crippen molar-refractivity contribution in [2.75, 3.05) is 45.6 Å². The SMILES string of the molecule is CS(=O)(=O)N1CCCN(Cc2cnc(COc3nccc(-c4ccc5c(c4)OCCO5)c3C#N)s2)CC1.O=C=C=C=C=C=C=C=C=C=NC=C=O. The molecule has 0 saturated carbocycles. The zero-order chi connectivity index (χ0) is 36.3. The van der Waals surface area contributed by atoms with Crippen LogP contribution in [0.4, 0.5) is 0 Å². The van der Waals surface area contributed by atoms with E-state index >= 15 is 0 Å². The highest BCUT2D eigenvalue weighted by atomic mass is 32.2.